The minimum absolute atomic E-state index is 0.278. The number of aliphatic hydroxyl groups excluding tert-OH is 1. The number of benzene rings is 1. The summed E-state index contributed by atoms with van der Waals surface area (Å²) in [6, 6.07) is 1.94. The minimum atomic E-state index is -1.66. The molecule has 1 saturated carbocycles. The number of allylic oxidation sites excluding steroid dienone is 2. The normalized spacial score (nSPS) is 20.9. The van der Waals surface area contributed by atoms with Gasteiger partial charge >= 0.3 is 5.97 Å². The molecule has 1 fully saturated rings. The van der Waals surface area contributed by atoms with Crippen LogP contribution in [0.2, 0.25) is 0 Å². The number of rotatable bonds is 6. The number of ether oxygens (including phenoxy) is 1. The maximum Gasteiger partial charge on any atom is 0.310 e. The molecule has 27 heavy (non-hydrogen) atoms. The van der Waals surface area contributed by atoms with Gasteiger partial charge in [-0.25, -0.2) is 17.6 Å². The van der Waals surface area contributed by atoms with Crippen molar-refractivity contribution in [1.82, 2.24) is 0 Å². The number of hydrogen-bond acceptors (Lipinski definition) is 4. The Kier molecular flexibility index (Phi) is 5.95. The van der Waals surface area contributed by atoms with Crippen molar-refractivity contribution < 1.29 is 32.2 Å². The van der Waals surface area contributed by atoms with Gasteiger partial charge in [0.1, 0.15) is 6.61 Å². The molecule has 0 aromatic heterocycles. The van der Waals surface area contributed by atoms with Gasteiger partial charge < -0.3 is 9.84 Å². The molecule has 1 aliphatic carbocycles. The third kappa shape index (κ3) is 3.83. The molecule has 2 rings (SSSR count). The van der Waals surface area contributed by atoms with Crippen LogP contribution in [0, 0.1) is 51.9 Å². The Morgan fingerprint density at radius 3 is 2.19 bits per heavy atom. The second-order valence-corrected chi connectivity index (χ2v) is 7.08. The molecule has 1 aliphatic rings. The topological polar surface area (TPSA) is 70.3 Å². The second kappa shape index (κ2) is 7.69. The lowest BCUT2D eigenvalue weighted by atomic mass is 10.1. The zero-order valence-electron chi connectivity index (χ0n) is 15.1. The lowest BCUT2D eigenvalue weighted by Gasteiger charge is -2.12. The van der Waals surface area contributed by atoms with Gasteiger partial charge in [0.25, 0.3) is 0 Å². The van der Waals surface area contributed by atoms with Gasteiger partial charge in [0, 0.05) is 24.2 Å². The molecule has 1 aromatic rings. The first kappa shape index (κ1) is 20.9. The van der Waals surface area contributed by atoms with Crippen molar-refractivity contribution in [3.63, 3.8) is 0 Å². The molecule has 0 aliphatic heterocycles. The number of nitrogens with zero attached hydrogens (tertiary/aromatic N) is 1. The molecule has 2 atom stereocenters. The summed E-state index contributed by atoms with van der Waals surface area (Å²) in [5, 5.41) is 17.6. The van der Waals surface area contributed by atoms with Crippen molar-refractivity contribution in [3.8, 4) is 6.07 Å². The lowest BCUT2D eigenvalue weighted by Crippen LogP contribution is -2.15. The number of aliphatic hydroxyl groups is 1. The Morgan fingerprint density at radius 2 is 1.70 bits per heavy atom. The van der Waals surface area contributed by atoms with Crippen molar-refractivity contribution in [2.75, 3.05) is 6.61 Å². The van der Waals surface area contributed by atoms with Crippen molar-refractivity contribution in [2.24, 2.45) is 17.3 Å². The first-order valence-electron chi connectivity index (χ1n) is 8.27. The quantitative estimate of drug-likeness (QED) is 0.352. The summed E-state index contributed by atoms with van der Waals surface area (Å²) < 4.78 is 60.7. The van der Waals surface area contributed by atoms with Gasteiger partial charge in [-0.3, -0.25) is 4.79 Å². The fraction of sp³-hybridized carbons (Fsp3) is 0.474. The van der Waals surface area contributed by atoms with E-state index in [0.29, 0.717) is 5.57 Å². The van der Waals surface area contributed by atoms with Gasteiger partial charge in [-0.1, -0.05) is 19.9 Å². The van der Waals surface area contributed by atoms with E-state index in [1.54, 1.807) is 26.8 Å². The number of nitriles is 1. The summed E-state index contributed by atoms with van der Waals surface area (Å²) in [6.45, 7) is 3.48. The van der Waals surface area contributed by atoms with Crippen LogP contribution in [0.15, 0.2) is 11.6 Å². The SMILES string of the molecule is C/C(C#N)=C/[C@@H]1[C@@H](C(=O)OCc2c(F)c(F)c(CCO)c(F)c2F)C1(C)C. The standard InChI is InChI=1S/C19H19F4NO3/c1-9(7-24)6-12-13(19(12,2)3)18(26)27-8-11-16(22)14(20)10(4-5-25)15(21)17(11)23/h6,12-13,25H,4-5,8H2,1-3H3/b9-6-/t12-,13+/m1/s1. The van der Waals surface area contributed by atoms with Crippen LogP contribution in [0.4, 0.5) is 17.6 Å². The maximum absolute atomic E-state index is 14.0. The van der Waals surface area contributed by atoms with Gasteiger partial charge in [-0.15, -0.1) is 0 Å². The fourth-order valence-electron chi connectivity index (χ4n) is 3.16. The second-order valence-electron chi connectivity index (χ2n) is 7.08. The van der Waals surface area contributed by atoms with Gasteiger partial charge in [-0.05, 0) is 18.3 Å². The van der Waals surface area contributed by atoms with E-state index in [9.17, 15) is 22.4 Å². The Labute approximate surface area is 154 Å². The van der Waals surface area contributed by atoms with Crippen LogP contribution >= 0.6 is 0 Å². The molecule has 0 heterocycles. The highest BCUT2D eigenvalue weighted by atomic mass is 19.2. The molecule has 1 N–H and O–H groups in total. The van der Waals surface area contributed by atoms with E-state index < -0.39 is 71.3 Å². The van der Waals surface area contributed by atoms with E-state index in [1.165, 1.54) is 0 Å². The highest BCUT2D eigenvalue weighted by Crippen LogP contribution is 2.59. The number of carbonyl (C=O) groups excluding carboxylic acids is 1. The molecular formula is C19H19F4NO3. The summed E-state index contributed by atoms with van der Waals surface area (Å²) in [4.78, 5) is 12.2. The maximum atomic E-state index is 14.0. The Balaban J connectivity index is 2.18. The van der Waals surface area contributed by atoms with Gasteiger partial charge in [-0.2, -0.15) is 5.26 Å². The minimum Gasteiger partial charge on any atom is -0.460 e. The predicted molar refractivity (Wildman–Crippen MR) is 87.0 cm³/mol. The summed E-state index contributed by atoms with van der Waals surface area (Å²) in [5.41, 5.74) is -2.01. The van der Waals surface area contributed by atoms with E-state index in [-0.39, 0.29) is 5.92 Å². The van der Waals surface area contributed by atoms with Gasteiger partial charge in [0.15, 0.2) is 23.3 Å². The van der Waals surface area contributed by atoms with E-state index in [1.807, 2.05) is 6.07 Å². The molecule has 0 radical (unpaired) electrons. The summed E-state index contributed by atoms with van der Waals surface area (Å²) >= 11 is 0. The summed E-state index contributed by atoms with van der Waals surface area (Å²) in [6.07, 6.45) is 1.03. The molecular weight excluding hydrogens is 366 g/mol. The van der Waals surface area contributed by atoms with Crippen molar-refractivity contribution in [1.29, 1.82) is 5.26 Å². The zero-order valence-corrected chi connectivity index (χ0v) is 15.1. The third-order valence-corrected chi connectivity index (χ3v) is 4.94. The van der Waals surface area contributed by atoms with Crippen LogP contribution in [0.5, 0.6) is 0 Å². The van der Waals surface area contributed by atoms with Crippen LogP contribution in [-0.2, 0) is 22.6 Å². The van der Waals surface area contributed by atoms with Crippen LogP contribution < -0.4 is 0 Å². The third-order valence-electron chi connectivity index (χ3n) is 4.94. The van der Waals surface area contributed by atoms with Crippen LogP contribution in [0.1, 0.15) is 31.9 Å². The van der Waals surface area contributed by atoms with E-state index in [2.05, 4.69) is 0 Å². The molecule has 0 spiro atoms. The van der Waals surface area contributed by atoms with Gasteiger partial charge in [0.05, 0.1) is 17.6 Å². The van der Waals surface area contributed by atoms with E-state index >= 15 is 0 Å². The Morgan fingerprint density at radius 1 is 1.19 bits per heavy atom. The average Bonchev–Trinajstić information content (AvgIpc) is 3.16. The lowest BCUT2D eigenvalue weighted by molar-refractivity contribution is -0.147. The summed E-state index contributed by atoms with van der Waals surface area (Å²) in [5.74, 6) is -8.23. The Bertz CT molecular complexity index is 813. The zero-order chi connectivity index (χ0) is 20.5. The predicted octanol–water partition coefficient (Wildman–Crippen LogP) is 3.56. The monoisotopic (exact) mass is 385 g/mol. The highest BCUT2D eigenvalue weighted by Gasteiger charge is 2.61. The highest BCUT2D eigenvalue weighted by molar-refractivity contribution is 5.78. The average molecular weight is 385 g/mol. The molecule has 8 heteroatoms. The molecule has 0 amide bonds. The number of halogens is 4. The summed E-state index contributed by atoms with van der Waals surface area (Å²) in [7, 11) is 0. The van der Waals surface area contributed by atoms with Gasteiger partial charge in [0.2, 0.25) is 0 Å². The van der Waals surface area contributed by atoms with Crippen LogP contribution in [-0.4, -0.2) is 17.7 Å². The van der Waals surface area contributed by atoms with Crippen LogP contribution in [0.3, 0.4) is 0 Å². The van der Waals surface area contributed by atoms with Crippen LogP contribution in [0.25, 0.3) is 0 Å². The van der Waals surface area contributed by atoms with Crippen molar-refractivity contribution in [2.45, 2.75) is 33.8 Å². The molecule has 146 valence electrons. The smallest absolute Gasteiger partial charge is 0.310 e. The number of carbonyl (C=O) groups is 1. The Hall–Kier alpha value is -2.40. The molecule has 0 saturated heterocycles. The molecule has 0 bridgehead atoms. The number of esters is 1. The largest absolute Gasteiger partial charge is 0.460 e. The molecule has 1 aromatic carbocycles. The van der Waals surface area contributed by atoms with E-state index in [0.717, 1.165) is 0 Å². The molecule has 0 unspecified atom stereocenters. The van der Waals surface area contributed by atoms with Crippen molar-refractivity contribution >= 4 is 5.97 Å². The first-order chi connectivity index (χ1) is 12.6. The van der Waals surface area contributed by atoms with Crippen molar-refractivity contribution in [3.05, 3.63) is 46.0 Å². The first-order valence-corrected chi connectivity index (χ1v) is 8.27. The number of hydrogen-bond donors (Lipinski definition) is 1. The fourth-order valence-corrected chi connectivity index (χ4v) is 3.16. The molecule has 4 nitrogen and oxygen atoms in total. The van der Waals surface area contributed by atoms with E-state index in [4.69, 9.17) is 15.1 Å².